The average Bonchev–Trinajstić information content (AvgIpc) is 2.83. The zero-order chi connectivity index (χ0) is 13.7. The molecule has 0 bridgehead atoms. The van der Waals surface area contributed by atoms with Crippen LogP contribution in [0.2, 0.25) is 0 Å². The molecule has 0 radical (unpaired) electrons. The maximum atomic E-state index is 8.89. The van der Waals surface area contributed by atoms with Crippen molar-refractivity contribution in [2.24, 2.45) is 0 Å². The highest BCUT2D eigenvalue weighted by Gasteiger charge is 2.03. The lowest BCUT2D eigenvalue weighted by molar-refractivity contribution is 0.304. The van der Waals surface area contributed by atoms with E-state index in [0.29, 0.717) is 6.54 Å². The maximum absolute atomic E-state index is 8.89. The van der Waals surface area contributed by atoms with Gasteiger partial charge in [0.2, 0.25) is 0 Å². The third kappa shape index (κ3) is 3.65. The third-order valence-corrected chi connectivity index (χ3v) is 3.83. The van der Waals surface area contributed by atoms with Gasteiger partial charge in [0, 0.05) is 18.5 Å². The molecule has 0 aliphatic heterocycles. The van der Waals surface area contributed by atoms with Gasteiger partial charge in [-0.2, -0.15) is 0 Å². The average molecular weight is 278 g/mol. The molecule has 2 aromatic heterocycles. The van der Waals surface area contributed by atoms with Crippen molar-refractivity contribution >= 4 is 22.8 Å². The predicted molar refractivity (Wildman–Crippen MR) is 78.8 cm³/mol. The Hall–Kier alpha value is -1.66. The van der Waals surface area contributed by atoms with Gasteiger partial charge in [-0.1, -0.05) is 0 Å². The summed E-state index contributed by atoms with van der Waals surface area (Å²) in [5.41, 5.74) is 3.91. The molecule has 2 heterocycles. The second kappa shape index (κ2) is 6.49. The fourth-order valence-electron chi connectivity index (χ4n) is 1.66. The first-order valence-electron chi connectivity index (χ1n) is 6.11. The number of anilines is 2. The zero-order valence-corrected chi connectivity index (χ0v) is 11.9. The first-order valence-corrected chi connectivity index (χ1v) is 6.99. The Labute approximate surface area is 116 Å². The molecule has 2 rings (SSSR count). The van der Waals surface area contributed by atoms with Crippen LogP contribution in [0.15, 0.2) is 23.8 Å². The number of hydrogen-bond donors (Lipinski definition) is 2. The summed E-state index contributed by atoms with van der Waals surface area (Å²) in [4.78, 5) is 11.8. The summed E-state index contributed by atoms with van der Waals surface area (Å²) in [5, 5.41) is 12.2. The first-order chi connectivity index (χ1) is 9.20. The fraction of sp³-hybridized carbons (Fsp3) is 0.385. The lowest BCUT2D eigenvalue weighted by Gasteiger charge is -2.17. The maximum Gasteiger partial charge on any atom is 0.126 e. The standard InChI is InChI=1S/C13H18N4OS/c1-10-12(19-9-16-10)8-15-13-4-3-11(7-14-13)17(2)5-6-18/h3-4,7,9,18H,5-6,8H2,1-2H3,(H,14,15). The van der Waals surface area contributed by atoms with Crippen molar-refractivity contribution in [3.63, 3.8) is 0 Å². The van der Waals surface area contributed by atoms with Gasteiger partial charge < -0.3 is 15.3 Å². The smallest absolute Gasteiger partial charge is 0.126 e. The Balaban J connectivity index is 1.93. The van der Waals surface area contributed by atoms with Crippen molar-refractivity contribution in [2.75, 3.05) is 30.4 Å². The second-order valence-corrected chi connectivity index (χ2v) is 5.20. The van der Waals surface area contributed by atoms with E-state index < -0.39 is 0 Å². The number of nitrogens with zero attached hydrogens (tertiary/aromatic N) is 3. The Morgan fingerprint density at radius 1 is 1.37 bits per heavy atom. The summed E-state index contributed by atoms with van der Waals surface area (Å²) in [6.45, 7) is 3.50. The number of pyridine rings is 1. The second-order valence-electron chi connectivity index (χ2n) is 4.26. The van der Waals surface area contributed by atoms with Crippen LogP contribution < -0.4 is 10.2 Å². The summed E-state index contributed by atoms with van der Waals surface area (Å²) in [6.07, 6.45) is 1.80. The van der Waals surface area contributed by atoms with Gasteiger partial charge in [-0.05, 0) is 19.1 Å². The van der Waals surface area contributed by atoms with Crippen molar-refractivity contribution in [1.29, 1.82) is 0 Å². The molecule has 0 saturated carbocycles. The van der Waals surface area contributed by atoms with E-state index in [9.17, 15) is 0 Å². The Kier molecular flexibility index (Phi) is 4.70. The van der Waals surface area contributed by atoms with Crippen LogP contribution in [0.3, 0.4) is 0 Å². The van der Waals surface area contributed by atoms with Crippen molar-refractivity contribution in [2.45, 2.75) is 13.5 Å². The number of nitrogens with one attached hydrogen (secondary N) is 1. The molecule has 0 spiro atoms. The first kappa shape index (κ1) is 13.8. The van der Waals surface area contributed by atoms with Crippen LogP contribution in [0.25, 0.3) is 0 Å². The molecule has 0 atom stereocenters. The molecular weight excluding hydrogens is 260 g/mol. The van der Waals surface area contributed by atoms with E-state index in [-0.39, 0.29) is 6.61 Å². The van der Waals surface area contributed by atoms with Crippen molar-refractivity contribution in [3.8, 4) is 0 Å². The van der Waals surface area contributed by atoms with Gasteiger partial charge in [0.25, 0.3) is 0 Å². The van der Waals surface area contributed by atoms with Crippen molar-refractivity contribution < 1.29 is 5.11 Å². The molecule has 6 heteroatoms. The highest BCUT2D eigenvalue weighted by Crippen LogP contribution is 2.16. The van der Waals surface area contributed by atoms with Gasteiger partial charge in [-0.15, -0.1) is 11.3 Å². The monoisotopic (exact) mass is 278 g/mol. The molecule has 5 nitrogen and oxygen atoms in total. The van der Waals surface area contributed by atoms with Crippen molar-refractivity contribution in [3.05, 3.63) is 34.4 Å². The minimum Gasteiger partial charge on any atom is -0.395 e. The molecule has 0 fully saturated rings. The minimum absolute atomic E-state index is 0.140. The number of aliphatic hydroxyl groups excluding tert-OH is 1. The van der Waals surface area contributed by atoms with Crippen LogP contribution in [-0.2, 0) is 6.54 Å². The number of aliphatic hydroxyl groups is 1. The number of rotatable bonds is 6. The quantitative estimate of drug-likeness (QED) is 0.845. The van der Waals surface area contributed by atoms with Crippen LogP contribution in [-0.4, -0.2) is 35.3 Å². The Morgan fingerprint density at radius 3 is 2.79 bits per heavy atom. The largest absolute Gasteiger partial charge is 0.395 e. The molecule has 0 aromatic carbocycles. The summed E-state index contributed by atoms with van der Waals surface area (Å²) in [5.74, 6) is 0.842. The molecule has 0 unspecified atom stereocenters. The highest BCUT2D eigenvalue weighted by atomic mass is 32.1. The highest BCUT2D eigenvalue weighted by molar-refractivity contribution is 7.09. The number of likely N-dealkylation sites (N-methyl/N-ethyl adjacent to an activating group) is 1. The van der Waals surface area contributed by atoms with Crippen LogP contribution >= 0.6 is 11.3 Å². The molecule has 2 N–H and O–H groups in total. The zero-order valence-electron chi connectivity index (χ0n) is 11.1. The van der Waals surface area contributed by atoms with Crippen molar-refractivity contribution in [1.82, 2.24) is 9.97 Å². The summed E-state index contributed by atoms with van der Waals surface area (Å²) in [7, 11) is 1.93. The van der Waals surface area contributed by atoms with Gasteiger partial charge >= 0.3 is 0 Å². The van der Waals surface area contributed by atoms with E-state index in [4.69, 9.17) is 5.11 Å². The van der Waals surface area contributed by atoms with Gasteiger partial charge in [0.1, 0.15) is 5.82 Å². The fourth-order valence-corrected chi connectivity index (χ4v) is 2.38. The molecule has 0 aliphatic rings. The molecule has 19 heavy (non-hydrogen) atoms. The van der Waals surface area contributed by atoms with Crippen LogP contribution in [0.1, 0.15) is 10.6 Å². The number of hydrogen-bond acceptors (Lipinski definition) is 6. The van der Waals surface area contributed by atoms with Crippen LogP contribution in [0, 0.1) is 6.92 Å². The third-order valence-electron chi connectivity index (χ3n) is 2.90. The minimum atomic E-state index is 0.140. The molecular formula is C13H18N4OS. The molecule has 0 saturated heterocycles. The van der Waals surface area contributed by atoms with Crippen LogP contribution in [0.4, 0.5) is 11.5 Å². The summed E-state index contributed by atoms with van der Waals surface area (Å²) >= 11 is 1.65. The van der Waals surface area contributed by atoms with Gasteiger partial charge in [-0.25, -0.2) is 9.97 Å². The molecule has 2 aromatic rings. The topological polar surface area (TPSA) is 61.3 Å². The van der Waals surface area contributed by atoms with E-state index >= 15 is 0 Å². The van der Waals surface area contributed by atoms with Gasteiger partial charge in [0.05, 0.1) is 36.2 Å². The SMILES string of the molecule is Cc1ncsc1CNc1ccc(N(C)CCO)cn1. The van der Waals surface area contributed by atoms with E-state index in [1.165, 1.54) is 4.88 Å². The van der Waals surface area contributed by atoms with Gasteiger partial charge in [0.15, 0.2) is 0 Å². The molecule has 0 amide bonds. The molecule has 0 aliphatic carbocycles. The van der Waals surface area contributed by atoms with E-state index in [0.717, 1.165) is 23.7 Å². The summed E-state index contributed by atoms with van der Waals surface area (Å²) < 4.78 is 0. The van der Waals surface area contributed by atoms with Gasteiger partial charge in [-0.3, -0.25) is 0 Å². The summed E-state index contributed by atoms with van der Waals surface area (Å²) in [6, 6.07) is 3.93. The number of aromatic nitrogens is 2. The Morgan fingerprint density at radius 2 is 2.21 bits per heavy atom. The lowest BCUT2D eigenvalue weighted by Crippen LogP contribution is -2.21. The van der Waals surface area contributed by atoms with E-state index in [2.05, 4.69) is 15.3 Å². The Bertz CT molecular complexity index is 512. The lowest BCUT2D eigenvalue weighted by atomic mass is 10.3. The van der Waals surface area contributed by atoms with E-state index in [1.807, 2.05) is 36.5 Å². The van der Waals surface area contributed by atoms with Crippen LogP contribution in [0.5, 0.6) is 0 Å². The van der Waals surface area contributed by atoms with E-state index in [1.54, 1.807) is 17.5 Å². The number of thiazole rings is 1. The number of aryl methyl sites for hydroxylation is 1. The predicted octanol–water partition coefficient (Wildman–Crippen LogP) is 1.89. The normalized spacial score (nSPS) is 10.5. The molecule has 102 valence electrons.